The third-order valence-electron chi connectivity index (χ3n) is 5.31. The van der Waals surface area contributed by atoms with Crippen molar-refractivity contribution < 1.29 is 18.3 Å². The maximum absolute atomic E-state index is 12.4. The van der Waals surface area contributed by atoms with Crippen molar-refractivity contribution >= 4 is 31.6 Å². The maximum Gasteiger partial charge on any atom is 0.305 e. The van der Waals surface area contributed by atoms with Crippen molar-refractivity contribution in [3.8, 4) is 5.75 Å². The number of nitrogens with one attached hydrogen (secondary N) is 2. The Hall–Kier alpha value is -2.24. The van der Waals surface area contributed by atoms with Gasteiger partial charge in [-0.3, -0.25) is 10.1 Å². The van der Waals surface area contributed by atoms with Crippen LogP contribution in [0.5, 0.6) is 5.75 Å². The number of thiazole rings is 1. The number of rotatable bonds is 11. The van der Waals surface area contributed by atoms with Gasteiger partial charge in [-0.25, -0.2) is 13.6 Å². The van der Waals surface area contributed by atoms with E-state index < -0.39 is 14.9 Å². The SMILES string of the molecule is CCC(COCCc1ccccc1)(NCCc1ccc(O)c2[nH]c(=O)sc12)S(N)(=O)=O. The van der Waals surface area contributed by atoms with Crippen molar-refractivity contribution in [3.63, 3.8) is 0 Å². The van der Waals surface area contributed by atoms with Gasteiger partial charge in [-0.1, -0.05) is 54.7 Å². The highest BCUT2D eigenvalue weighted by Gasteiger charge is 2.39. The molecule has 0 bridgehead atoms. The number of hydrogen-bond donors (Lipinski definition) is 4. The Bertz CT molecular complexity index is 1170. The summed E-state index contributed by atoms with van der Waals surface area (Å²) >= 11 is 1.01. The largest absolute Gasteiger partial charge is 0.506 e. The number of ether oxygens (including phenoxy) is 1. The molecule has 1 aromatic heterocycles. The van der Waals surface area contributed by atoms with Gasteiger partial charge in [-0.15, -0.1) is 0 Å². The molecule has 0 saturated carbocycles. The van der Waals surface area contributed by atoms with Gasteiger partial charge in [0.25, 0.3) is 0 Å². The van der Waals surface area contributed by atoms with Crippen LogP contribution in [0.2, 0.25) is 0 Å². The van der Waals surface area contributed by atoms with Crippen LogP contribution in [-0.2, 0) is 27.6 Å². The van der Waals surface area contributed by atoms with Gasteiger partial charge in [0.1, 0.15) is 11.3 Å². The Morgan fingerprint density at radius 1 is 1.19 bits per heavy atom. The van der Waals surface area contributed by atoms with Gasteiger partial charge in [0.15, 0.2) is 4.87 Å². The van der Waals surface area contributed by atoms with Crippen LogP contribution >= 0.6 is 11.3 Å². The molecule has 31 heavy (non-hydrogen) atoms. The maximum atomic E-state index is 12.4. The molecule has 2 aromatic carbocycles. The van der Waals surface area contributed by atoms with Crippen molar-refractivity contribution in [1.82, 2.24) is 10.3 Å². The zero-order valence-corrected chi connectivity index (χ0v) is 18.9. The van der Waals surface area contributed by atoms with E-state index >= 15 is 0 Å². The summed E-state index contributed by atoms with van der Waals surface area (Å²) in [5.41, 5.74) is 2.33. The molecule has 0 aliphatic carbocycles. The highest BCUT2D eigenvalue weighted by molar-refractivity contribution is 7.90. The molecule has 0 radical (unpaired) electrons. The number of phenolic OH excluding ortho intramolecular Hbond substituents is 1. The van der Waals surface area contributed by atoms with Crippen molar-refractivity contribution in [2.24, 2.45) is 5.14 Å². The first-order chi connectivity index (χ1) is 14.8. The molecule has 168 valence electrons. The lowest BCUT2D eigenvalue weighted by molar-refractivity contribution is 0.0984. The first-order valence-electron chi connectivity index (χ1n) is 9.98. The van der Waals surface area contributed by atoms with Crippen LogP contribution in [0.4, 0.5) is 0 Å². The second-order valence-corrected chi connectivity index (χ2v) is 10.2. The Balaban J connectivity index is 1.66. The number of aromatic nitrogens is 1. The Morgan fingerprint density at radius 3 is 2.61 bits per heavy atom. The number of primary sulfonamides is 1. The number of aromatic hydroxyl groups is 1. The van der Waals surface area contributed by atoms with Crippen molar-refractivity contribution in [2.75, 3.05) is 19.8 Å². The lowest BCUT2D eigenvalue weighted by Gasteiger charge is -2.31. The predicted molar refractivity (Wildman–Crippen MR) is 123 cm³/mol. The van der Waals surface area contributed by atoms with E-state index in [1.807, 2.05) is 30.3 Å². The summed E-state index contributed by atoms with van der Waals surface area (Å²) in [7, 11) is -3.95. The highest BCUT2D eigenvalue weighted by atomic mass is 32.2. The number of aromatic amines is 1. The van der Waals surface area contributed by atoms with Crippen LogP contribution in [0.1, 0.15) is 24.5 Å². The van der Waals surface area contributed by atoms with E-state index in [1.165, 1.54) is 6.07 Å². The quantitative estimate of drug-likeness (QED) is 0.320. The summed E-state index contributed by atoms with van der Waals surface area (Å²) in [5.74, 6) is 0.00400. The third kappa shape index (κ3) is 5.52. The molecule has 0 spiro atoms. The van der Waals surface area contributed by atoms with Crippen LogP contribution in [0, 0.1) is 0 Å². The minimum absolute atomic E-state index is 0.00400. The lowest BCUT2D eigenvalue weighted by Crippen LogP contribution is -2.58. The van der Waals surface area contributed by atoms with Crippen LogP contribution < -0.4 is 15.3 Å². The normalized spacial score (nSPS) is 14.0. The van der Waals surface area contributed by atoms with Crippen molar-refractivity contribution in [3.05, 3.63) is 63.3 Å². The number of hydrogen-bond acceptors (Lipinski definition) is 7. The van der Waals surface area contributed by atoms with Crippen molar-refractivity contribution in [2.45, 2.75) is 31.1 Å². The summed E-state index contributed by atoms with van der Waals surface area (Å²) < 4.78 is 31.2. The molecule has 1 atom stereocenters. The van der Waals surface area contributed by atoms with E-state index in [9.17, 15) is 18.3 Å². The molecule has 5 N–H and O–H groups in total. The molecule has 0 aliphatic rings. The first-order valence-corrected chi connectivity index (χ1v) is 12.3. The molecule has 10 heteroatoms. The molecule has 3 aromatic rings. The zero-order valence-electron chi connectivity index (χ0n) is 17.3. The number of H-pyrrole nitrogens is 1. The van der Waals surface area contributed by atoms with Crippen LogP contribution in [-0.4, -0.2) is 43.1 Å². The number of nitrogens with two attached hydrogens (primary N) is 1. The summed E-state index contributed by atoms with van der Waals surface area (Å²) in [6.45, 7) is 2.35. The molecule has 1 heterocycles. The van der Waals surface area contributed by atoms with Gasteiger partial charge in [0, 0.05) is 6.54 Å². The van der Waals surface area contributed by atoms with Gasteiger partial charge in [-0.2, -0.15) is 0 Å². The lowest BCUT2D eigenvalue weighted by atomic mass is 10.1. The van der Waals surface area contributed by atoms with Gasteiger partial charge in [0.05, 0.1) is 17.9 Å². The van der Waals surface area contributed by atoms with Gasteiger partial charge >= 0.3 is 4.87 Å². The Kier molecular flexibility index (Phi) is 7.50. The fraction of sp³-hybridized carbons (Fsp3) is 0.381. The smallest absolute Gasteiger partial charge is 0.305 e. The van der Waals surface area contributed by atoms with E-state index in [1.54, 1.807) is 13.0 Å². The molecule has 3 rings (SSSR count). The molecule has 0 saturated heterocycles. The summed E-state index contributed by atoms with van der Waals surface area (Å²) in [6.07, 6.45) is 1.36. The van der Waals surface area contributed by atoms with Crippen LogP contribution in [0.25, 0.3) is 10.2 Å². The van der Waals surface area contributed by atoms with Crippen molar-refractivity contribution in [1.29, 1.82) is 0 Å². The molecule has 0 amide bonds. The van der Waals surface area contributed by atoms with Gasteiger partial charge in [0.2, 0.25) is 10.0 Å². The molecule has 8 nitrogen and oxygen atoms in total. The average Bonchev–Trinajstić information content (AvgIpc) is 3.14. The third-order valence-corrected chi connectivity index (χ3v) is 7.91. The first kappa shape index (κ1) is 23.4. The zero-order chi connectivity index (χ0) is 22.5. The molecular formula is C21H27N3O5S2. The van der Waals surface area contributed by atoms with Gasteiger partial charge in [-0.05, 0) is 36.5 Å². The number of sulfonamides is 1. The van der Waals surface area contributed by atoms with E-state index in [4.69, 9.17) is 9.88 Å². The molecular weight excluding hydrogens is 438 g/mol. The standard InChI is InChI=1S/C21H27N3O5S2/c1-2-21(31(22,27)28,14-29-13-11-15-6-4-3-5-7-15)23-12-10-16-8-9-17(25)18-19(16)30-20(26)24-18/h3-9,23,25H,2,10-14H2,1H3,(H,24,26)(H2,22,27,28). The minimum Gasteiger partial charge on any atom is -0.506 e. The monoisotopic (exact) mass is 465 g/mol. The Morgan fingerprint density at radius 2 is 1.94 bits per heavy atom. The molecule has 0 aliphatic heterocycles. The second-order valence-electron chi connectivity index (χ2n) is 7.32. The fourth-order valence-electron chi connectivity index (χ4n) is 3.43. The average molecular weight is 466 g/mol. The second kappa shape index (κ2) is 9.92. The predicted octanol–water partition coefficient (Wildman–Crippen LogP) is 2.08. The van der Waals surface area contributed by atoms with E-state index in [0.717, 1.165) is 22.5 Å². The molecule has 0 fully saturated rings. The summed E-state index contributed by atoms with van der Waals surface area (Å²) in [6, 6.07) is 13.0. The van der Waals surface area contributed by atoms with E-state index in [2.05, 4.69) is 10.3 Å². The van der Waals surface area contributed by atoms with Crippen LogP contribution in [0.15, 0.2) is 47.3 Å². The van der Waals surface area contributed by atoms with Gasteiger partial charge < -0.3 is 14.8 Å². The summed E-state index contributed by atoms with van der Waals surface area (Å²) in [4.78, 5) is 12.6. The molecule has 1 unspecified atom stereocenters. The summed E-state index contributed by atoms with van der Waals surface area (Å²) in [5, 5.41) is 18.6. The minimum atomic E-state index is -3.95. The topological polar surface area (TPSA) is 135 Å². The van der Waals surface area contributed by atoms with Crippen LogP contribution in [0.3, 0.4) is 0 Å². The highest BCUT2D eigenvalue weighted by Crippen LogP contribution is 2.28. The van der Waals surface area contributed by atoms with E-state index in [0.29, 0.717) is 36.2 Å². The number of fused-ring (bicyclic) bond motifs is 1. The number of benzene rings is 2. The Labute approximate surface area is 185 Å². The number of phenols is 1. The van der Waals surface area contributed by atoms with E-state index in [-0.39, 0.29) is 23.7 Å². The fourth-order valence-corrected chi connectivity index (χ4v) is 5.28.